The number of likely N-dealkylation sites (tertiary alicyclic amines) is 1. The summed E-state index contributed by atoms with van der Waals surface area (Å²) >= 11 is 0. The van der Waals surface area contributed by atoms with Crippen molar-refractivity contribution in [3.8, 4) is 0 Å². The van der Waals surface area contributed by atoms with Crippen molar-refractivity contribution < 1.29 is 9.59 Å². The van der Waals surface area contributed by atoms with Gasteiger partial charge in [-0.1, -0.05) is 25.7 Å². The molecular formula is C16H30N4O2. The maximum atomic E-state index is 11.9. The number of amides is 2. The Morgan fingerprint density at radius 2 is 1.55 bits per heavy atom. The summed E-state index contributed by atoms with van der Waals surface area (Å²) in [7, 11) is 0. The lowest BCUT2D eigenvalue weighted by molar-refractivity contribution is -0.125. The zero-order valence-corrected chi connectivity index (χ0v) is 13.5. The number of piperidine rings is 1. The van der Waals surface area contributed by atoms with Crippen LogP contribution in [-0.2, 0) is 9.59 Å². The summed E-state index contributed by atoms with van der Waals surface area (Å²) in [6, 6.07) is 0. The molecule has 22 heavy (non-hydrogen) atoms. The van der Waals surface area contributed by atoms with Gasteiger partial charge < -0.3 is 16.4 Å². The lowest BCUT2D eigenvalue weighted by Gasteiger charge is -2.48. The summed E-state index contributed by atoms with van der Waals surface area (Å²) in [4.78, 5) is 25.7. The van der Waals surface area contributed by atoms with E-state index in [-0.39, 0.29) is 30.4 Å². The maximum Gasteiger partial charge on any atom is 0.239 e. The van der Waals surface area contributed by atoms with E-state index in [1.54, 1.807) is 0 Å². The van der Waals surface area contributed by atoms with Crippen molar-refractivity contribution in [1.29, 1.82) is 0 Å². The quantitative estimate of drug-likeness (QED) is 0.661. The van der Waals surface area contributed by atoms with Crippen LogP contribution in [-0.4, -0.2) is 55.0 Å². The van der Waals surface area contributed by atoms with Crippen LogP contribution in [0.4, 0.5) is 0 Å². The molecule has 2 rings (SSSR count). The van der Waals surface area contributed by atoms with Crippen molar-refractivity contribution >= 4 is 11.8 Å². The summed E-state index contributed by atoms with van der Waals surface area (Å²) in [5.74, 6) is -0.415. The van der Waals surface area contributed by atoms with Crippen molar-refractivity contribution in [3.05, 3.63) is 0 Å². The third-order valence-electron chi connectivity index (χ3n) is 5.06. The first-order valence-corrected chi connectivity index (χ1v) is 8.65. The molecule has 2 aliphatic rings. The van der Waals surface area contributed by atoms with Crippen molar-refractivity contribution in [1.82, 2.24) is 15.5 Å². The second-order valence-electron chi connectivity index (χ2n) is 6.59. The molecule has 0 radical (unpaired) electrons. The van der Waals surface area contributed by atoms with Crippen LogP contribution >= 0.6 is 0 Å². The first kappa shape index (κ1) is 17.2. The molecule has 6 nitrogen and oxygen atoms in total. The molecule has 1 aliphatic carbocycles. The van der Waals surface area contributed by atoms with Gasteiger partial charge in [0.25, 0.3) is 0 Å². The Hall–Kier alpha value is -1.14. The fourth-order valence-electron chi connectivity index (χ4n) is 3.76. The second-order valence-corrected chi connectivity index (χ2v) is 6.59. The molecular weight excluding hydrogens is 280 g/mol. The van der Waals surface area contributed by atoms with Gasteiger partial charge in [0.15, 0.2) is 0 Å². The molecule has 0 unspecified atom stereocenters. The normalized spacial score (nSPS) is 22.0. The van der Waals surface area contributed by atoms with Gasteiger partial charge in [0, 0.05) is 12.1 Å². The molecule has 2 amide bonds. The van der Waals surface area contributed by atoms with Gasteiger partial charge >= 0.3 is 0 Å². The van der Waals surface area contributed by atoms with E-state index in [1.165, 1.54) is 51.4 Å². The van der Waals surface area contributed by atoms with Crippen LogP contribution in [0, 0.1) is 0 Å². The number of nitrogens with one attached hydrogen (secondary N) is 2. The van der Waals surface area contributed by atoms with E-state index in [1.807, 2.05) is 0 Å². The highest BCUT2D eigenvalue weighted by Crippen LogP contribution is 2.35. The summed E-state index contributed by atoms with van der Waals surface area (Å²) in [5.41, 5.74) is 5.35. The highest BCUT2D eigenvalue weighted by Gasteiger charge is 2.38. The minimum atomic E-state index is -0.293. The van der Waals surface area contributed by atoms with Crippen LogP contribution in [0.5, 0.6) is 0 Å². The smallest absolute Gasteiger partial charge is 0.239 e. The minimum Gasteiger partial charge on any atom is -0.353 e. The van der Waals surface area contributed by atoms with E-state index in [2.05, 4.69) is 15.5 Å². The van der Waals surface area contributed by atoms with E-state index in [0.29, 0.717) is 6.54 Å². The van der Waals surface area contributed by atoms with Gasteiger partial charge in [-0.15, -0.1) is 0 Å². The van der Waals surface area contributed by atoms with Crippen LogP contribution in [0.15, 0.2) is 0 Å². The molecule has 1 saturated carbocycles. The Labute approximate surface area is 133 Å². The molecule has 0 aromatic rings. The van der Waals surface area contributed by atoms with Crippen molar-refractivity contribution in [2.45, 2.75) is 56.9 Å². The van der Waals surface area contributed by atoms with Crippen LogP contribution in [0.2, 0.25) is 0 Å². The molecule has 2 fully saturated rings. The number of nitrogens with two attached hydrogens (primary N) is 1. The Balaban J connectivity index is 1.86. The van der Waals surface area contributed by atoms with Gasteiger partial charge in [0.1, 0.15) is 0 Å². The lowest BCUT2D eigenvalue weighted by atomic mass is 9.79. The van der Waals surface area contributed by atoms with Gasteiger partial charge in [-0.25, -0.2) is 0 Å². The van der Waals surface area contributed by atoms with Gasteiger partial charge in [-0.2, -0.15) is 0 Å². The average molecular weight is 310 g/mol. The molecule has 1 aliphatic heterocycles. The van der Waals surface area contributed by atoms with Gasteiger partial charge in [0.2, 0.25) is 11.8 Å². The number of carbonyl (C=O) groups is 2. The first-order chi connectivity index (χ1) is 10.7. The van der Waals surface area contributed by atoms with Crippen molar-refractivity contribution in [2.24, 2.45) is 5.73 Å². The number of nitrogens with zero attached hydrogens (tertiary/aromatic N) is 1. The fourth-order valence-corrected chi connectivity index (χ4v) is 3.76. The second kappa shape index (κ2) is 8.48. The molecule has 4 N–H and O–H groups in total. The predicted molar refractivity (Wildman–Crippen MR) is 86.3 cm³/mol. The number of rotatable bonds is 6. The molecule has 0 atom stereocenters. The van der Waals surface area contributed by atoms with Gasteiger partial charge in [-0.05, 0) is 38.8 Å². The van der Waals surface area contributed by atoms with Crippen LogP contribution in [0.1, 0.15) is 51.4 Å². The Morgan fingerprint density at radius 3 is 2.18 bits per heavy atom. The highest BCUT2D eigenvalue weighted by atomic mass is 16.2. The van der Waals surface area contributed by atoms with Crippen LogP contribution in [0.3, 0.4) is 0 Å². The molecule has 0 bridgehead atoms. The first-order valence-electron chi connectivity index (χ1n) is 8.65. The SMILES string of the molecule is NCC(=O)NCC(=O)NCC1(N2CCCCC2)CCCCC1. The van der Waals surface area contributed by atoms with Crippen LogP contribution in [0.25, 0.3) is 0 Å². The third kappa shape index (κ3) is 4.68. The molecule has 1 saturated heterocycles. The zero-order chi connectivity index (χ0) is 15.8. The largest absolute Gasteiger partial charge is 0.353 e. The monoisotopic (exact) mass is 310 g/mol. The maximum absolute atomic E-state index is 11.9. The fraction of sp³-hybridized carbons (Fsp3) is 0.875. The van der Waals surface area contributed by atoms with Crippen molar-refractivity contribution in [2.75, 3.05) is 32.7 Å². The van der Waals surface area contributed by atoms with Crippen molar-refractivity contribution in [3.63, 3.8) is 0 Å². The average Bonchev–Trinajstić information content (AvgIpc) is 2.59. The summed E-state index contributed by atoms with van der Waals surface area (Å²) < 4.78 is 0. The Kier molecular flexibility index (Phi) is 6.64. The number of hydrogen-bond acceptors (Lipinski definition) is 4. The van der Waals surface area contributed by atoms with E-state index < -0.39 is 0 Å². The molecule has 0 aromatic carbocycles. The van der Waals surface area contributed by atoms with Crippen LogP contribution < -0.4 is 16.4 Å². The molecule has 126 valence electrons. The highest BCUT2D eigenvalue weighted by molar-refractivity contribution is 5.85. The summed E-state index contributed by atoms with van der Waals surface area (Å²) in [6.07, 6.45) is 9.99. The number of hydrogen-bond donors (Lipinski definition) is 3. The van der Waals surface area contributed by atoms with E-state index in [9.17, 15) is 9.59 Å². The van der Waals surface area contributed by atoms with E-state index in [0.717, 1.165) is 13.1 Å². The summed E-state index contributed by atoms with van der Waals surface area (Å²) in [6.45, 7) is 2.95. The molecule has 0 spiro atoms. The van der Waals surface area contributed by atoms with E-state index in [4.69, 9.17) is 5.73 Å². The molecule has 0 aromatic heterocycles. The Bertz CT molecular complexity index is 374. The molecule has 6 heteroatoms. The number of carbonyl (C=O) groups excluding carboxylic acids is 2. The minimum absolute atomic E-state index is 0.0200. The van der Waals surface area contributed by atoms with E-state index >= 15 is 0 Å². The predicted octanol–water partition coefficient (Wildman–Crippen LogP) is 0.366. The topological polar surface area (TPSA) is 87.5 Å². The summed E-state index contributed by atoms with van der Waals surface area (Å²) in [5, 5.41) is 5.56. The van der Waals surface area contributed by atoms with Gasteiger partial charge in [0.05, 0.1) is 13.1 Å². The standard InChI is InChI=1S/C16H30N4O2/c17-11-14(21)18-12-15(22)19-13-16(7-3-1-4-8-16)20-9-5-2-6-10-20/h1-13,17H2,(H,18,21)(H,19,22). The Morgan fingerprint density at radius 1 is 0.909 bits per heavy atom. The molecule has 1 heterocycles. The van der Waals surface area contributed by atoms with Gasteiger partial charge in [-0.3, -0.25) is 14.5 Å². The zero-order valence-electron chi connectivity index (χ0n) is 13.5. The third-order valence-corrected chi connectivity index (χ3v) is 5.06. The lowest BCUT2D eigenvalue weighted by Crippen LogP contribution is -2.58.